The molecule has 1 aliphatic rings. The van der Waals surface area contributed by atoms with Gasteiger partial charge in [-0.3, -0.25) is 4.79 Å². The maximum atomic E-state index is 12.2. The van der Waals surface area contributed by atoms with Gasteiger partial charge in [0.15, 0.2) is 0 Å². The lowest BCUT2D eigenvalue weighted by molar-refractivity contribution is -0.134. The molecule has 2 unspecified atom stereocenters. The monoisotopic (exact) mass is 360 g/mol. The summed E-state index contributed by atoms with van der Waals surface area (Å²) in [5.74, 6) is 0.217. The summed E-state index contributed by atoms with van der Waals surface area (Å²) in [6.07, 6.45) is 2.74. The fourth-order valence-electron chi connectivity index (χ4n) is 3.04. The smallest absolute Gasteiger partial charge is 0.239 e. The van der Waals surface area contributed by atoms with Crippen LogP contribution >= 0.6 is 24.0 Å². The van der Waals surface area contributed by atoms with Crippen LogP contribution in [-0.4, -0.2) is 35.0 Å². The van der Waals surface area contributed by atoms with Crippen LogP contribution in [0.15, 0.2) is 24.3 Å². The van der Waals surface area contributed by atoms with E-state index in [1.54, 1.807) is 12.1 Å². The van der Waals surface area contributed by atoms with Crippen molar-refractivity contribution in [2.45, 2.75) is 44.8 Å². The molecule has 1 fully saturated rings. The number of nitrogens with two attached hydrogens (primary N) is 1. The highest BCUT2D eigenvalue weighted by Gasteiger charge is 2.29. The summed E-state index contributed by atoms with van der Waals surface area (Å²) in [7, 11) is 0. The molecule has 3 N–H and O–H groups in total. The van der Waals surface area contributed by atoms with Gasteiger partial charge in [0, 0.05) is 18.1 Å². The largest absolute Gasteiger partial charge is 0.388 e. The Bertz CT molecular complexity index is 488. The summed E-state index contributed by atoms with van der Waals surface area (Å²) in [5.41, 5.74) is 6.79. The number of piperidine rings is 1. The fraction of sp³-hybridized carbons (Fsp3) is 0.588. The molecule has 1 aliphatic heterocycles. The first kappa shape index (κ1) is 20.2. The molecule has 130 valence electrons. The molecule has 6 heteroatoms. The maximum absolute atomic E-state index is 12.2. The zero-order valence-corrected chi connectivity index (χ0v) is 15.0. The van der Waals surface area contributed by atoms with Crippen molar-refractivity contribution in [1.29, 1.82) is 0 Å². The van der Waals surface area contributed by atoms with Gasteiger partial charge in [-0.15, -0.1) is 12.4 Å². The second-order valence-electron chi connectivity index (χ2n) is 6.05. The molecular weight excluding hydrogens is 335 g/mol. The van der Waals surface area contributed by atoms with Gasteiger partial charge in [0.1, 0.15) is 0 Å². The van der Waals surface area contributed by atoms with Crippen LogP contribution in [0.1, 0.15) is 44.3 Å². The van der Waals surface area contributed by atoms with Crippen LogP contribution in [-0.2, 0) is 4.79 Å². The summed E-state index contributed by atoms with van der Waals surface area (Å²) in [4.78, 5) is 14.0. The van der Waals surface area contributed by atoms with Crippen molar-refractivity contribution in [3.63, 3.8) is 0 Å². The molecule has 0 aromatic heterocycles. The number of halogens is 2. The van der Waals surface area contributed by atoms with Gasteiger partial charge < -0.3 is 15.7 Å². The Morgan fingerprint density at radius 3 is 2.43 bits per heavy atom. The second-order valence-corrected chi connectivity index (χ2v) is 6.49. The lowest BCUT2D eigenvalue weighted by Gasteiger charge is -2.35. The third-order valence-corrected chi connectivity index (χ3v) is 4.68. The highest BCUT2D eigenvalue weighted by molar-refractivity contribution is 6.30. The number of carbonyl (C=O) groups excluding carboxylic acids is 1. The van der Waals surface area contributed by atoms with Crippen molar-refractivity contribution in [2.75, 3.05) is 13.1 Å². The van der Waals surface area contributed by atoms with Crippen molar-refractivity contribution < 1.29 is 9.90 Å². The number of hydrogen-bond acceptors (Lipinski definition) is 3. The van der Waals surface area contributed by atoms with Crippen molar-refractivity contribution >= 4 is 29.9 Å². The second kappa shape index (κ2) is 9.48. The van der Waals surface area contributed by atoms with Crippen LogP contribution in [0.2, 0.25) is 5.02 Å². The zero-order valence-electron chi connectivity index (χ0n) is 13.5. The minimum atomic E-state index is -0.501. The Morgan fingerprint density at radius 1 is 1.35 bits per heavy atom. The summed E-state index contributed by atoms with van der Waals surface area (Å²) >= 11 is 5.87. The quantitative estimate of drug-likeness (QED) is 0.847. The Morgan fingerprint density at radius 2 is 1.91 bits per heavy atom. The minimum Gasteiger partial charge on any atom is -0.388 e. The van der Waals surface area contributed by atoms with Crippen LogP contribution in [0.5, 0.6) is 0 Å². The number of rotatable bonds is 5. The molecule has 2 rings (SSSR count). The molecule has 1 aromatic carbocycles. The molecule has 1 amide bonds. The normalized spacial score (nSPS) is 18.2. The van der Waals surface area contributed by atoms with E-state index in [0.29, 0.717) is 18.1 Å². The molecule has 1 saturated heterocycles. The highest BCUT2D eigenvalue weighted by Crippen LogP contribution is 2.31. The molecule has 0 spiro atoms. The molecule has 1 heterocycles. The zero-order chi connectivity index (χ0) is 16.1. The maximum Gasteiger partial charge on any atom is 0.239 e. The predicted octanol–water partition coefficient (Wildman–Crippen LogP) is 3.16. The van der Waals surface area contributed by atoms with Crippen LogP contribution in [0.25, 0.3) is 0 Å². The third-order valence-electron chi connectivity index (χ3n) is 4.43. The van der Waals surface area contributed by atoms with E-state index in [1.807, 2.05) is 24.0 Å². The van der Waals surface area contributed by atoms with Crippen LogP contribution in [0, 0.1) is 5.92 Å². The van der Waals surface area contributed by atoms with E-state index in [-0.39, 0.29) is 30.3 Å². The summed E-state index contributed by atoms with van der Waals surface area (Å²) in [6.45, 7) is 3.37. The first-order valence-electron chi connectivity index (χ1n) is 8.00. The van der Waals surface area contributed by atoms with E-state index in [9.17, 15) is 9.90 Å². The summed E-state index contributed by atoms with van der Waals surface area (Å²) in [5, 5.41) is 11.2. The van der Waals surface area contributed by atoms with Crippen molar-refractivity contribution in [3.8, 4) is 0 Å². The van der Waals surface area contributed by atoms with E-state index in [1.165, 1.54) is 0 Å². The van der Waals surface area contributed by atoms with E-state index in [4.69, 9.17) is 17.3 Å². The predicted molar refractivity (Wildman–Crippen MR) is 95.8 cm³/mol. The Kier molecular flexibility index (Phi) is 8.34. The van der Waals surface area contributed by atoms with Crippen molar-refractivity contribution in [3.05, 3.63) is 34.9 Å². The van der Waals surface area contributed by atoms with E-state index < -0.39 is 6.10 Å². The first-order chi connectivity index (χ1) is 10.5. The van der Waals surface area contributed by atoms with Crippen LogP contribution in [0.4, 0.5) is 0 Å². The Balaban J connectivity index is 0.00000264. The number of aliphatic hydroxyl groups is 1. The third kappa shape index (κ3) is 5.35. The van der Waals surface area contributed by atoms with Crippen LogP contribution < -0.4 is 5.73 Å². The lowest BCUT2D eigenvalue weighted by atomic mass is 9.87. The van der Waals surface area contributed by atoms with Gasteiger partial charge in [-0.25, -0.2) is 0 Å². The molecule has 0 aliphatic carbocycles. The van der Waals surface area contributed by atoms with Gasteiger partial charge in [-0.2, -0.15) is 0 Å². The number of amides is 1. The average molecular weight is 361 g/mol. The molecule has 0 saturated carbocycles. The SMILES string of the molecule is CCCC(N)C(=O)N1CCC(C(O)c2ccc(Cl)cc2)CC1.Cl. The first-order valence-corrected chi connectivity index (χ1v) is 8.38. The number of nitrogens with zero attached hydrogens (tertiary/aromatic N) is 1. The average Bonchev–Trinajstić information content (AvgIpc) is 2.54. The number of aliphatic hydroxyl groups excluding tert-OH is 1. The van der Waals surface area contributed by atoms with Gasteiger partial charge >= 0.3 is 0 Å². The molecule has 4 nitrogen and oxygen atoms in total. The fourth-order valence-corrected chi connectivity index (χ4v) is 3.16. The molecule has 1 aromatic rings. The Hall–Kier alpha value is -0.810. The van der Waals surface area contributed by atoms with Crippen molar-refractivity contribution in [1.82, 2.24) is 4.90 Å². The summed E-state index contributed by atoms with van der Waals surface area (Å²) < 4.78 is 0. The highest BCUT2D eigenvalue weighted by atomic mass is 35.5. The van der Waals surface area contributed by atoms with Gasteiger partial charge in [0.05, 0.1) is 12.1 Å². The minimum absolute atomic E-state index is 0. The van der Waals surface area contributed by atoms with Gasteiger partial charge in [-0.1, -0.05) is 37.1 Å². The van der Waals surface area contributed by atoms with E-state index >= 15 is 0 Å². The molecule has 2 atom stereocenters. The van der Waals surface area contributed by atoms with Crippen LogP contribution in [0.3, 0.4) is 0 Å². The van der Waals surface area contributed by atoms with E-state index in [2.05, 4.69) is 0 Å². The molecule has 0 radical (unpaired) electrons. The number of likely N-dealkylation sites (tertiary alicyclic amines) is 1. The Labute approximate surface area is 149 Å². The number of carbonyl (C=O) groups is 1. The summed E-state index contributed by atoms with van der Waals surface area (Å²) in [6, 6.07) is 6.93. The lowest BCUT2D eigenvalue weighted by Crippen LogP contribution is -2.47. The molecule has 23 heavy (non-hydrogen) atoms. The number of hydrogen-bond donors (Lipinski definition) is 2. The van der Waals surface area contributed by atoms with E-state index in [0.717, 1.165) is 31.2 Å². The number of benzene rings is 1. The van der Waals surface area contributed by atoms with Crippen molar-refractivity contribution in [2.24, 2.45) is 11.7 Å². The van der Waals surface area contributed by atoms with Gasteiger partial charge in [0.2, 0.25) is 5.91 Å². The topological polar surface area (TPSA) is 66.6 Å². The molecular formula is C17H26Cl2N2O2. The van der Waals surface area contributed by atoms with Gasteiger partial charge in [-0.05, 0) is 42.9 Å². The standard InChI is InChI=1S/C17H25ClN2O2.ClH/c1-2-3-15(19)17(22)20-10-8-13(9-11-20)16(21)12-4-6-14(18)7-5-12;/h4-7,13,15-16,21H,2-3,8-11,19H2,1H3;1H. The van der Waals surface area contributed by atoms with Gasteiger partial charge in [0.25, 0.3) is 0 Å². The molecule has 0 bridgehead atoms.